The molecule has 0 N–H and O–H groups in total. The van der Waals surface area contributed by atoms with Crippen LogP contribution in [0.5, 0.6) is 0 Å². The number of carbonyl (C=O) groups is 3. The summed E-state index contributed by atoms with van der Waals surface area (Å²) in [5.74, 6) is -0.879. The molecule has 1 unspecified atom stereocenters. The Morgan fingerprint density at radius 2 is 0.487 bits per heavy atom. The van der Waals surface area contributed by atoms with E-state index in [0.717, 1.165) is 116 Å². The van der Waals surface area contributed by atoms with Gasteiger partial charge in [-0.05, 0) is 103 Å². The molecule has 0 saturated heterocycles. The molecule has 6 heteroatoms. The van der Waals surface area contributed by atoms with Gasteiger partial charge in [0.2, 0.25) is 0 Å². The van der Waals surface area contributed by atoms with Gasteiger partial charge in [-0.2, -0.15) is 0 Å². The standard InChI is InChI=1S/C74H126O6/c1-4-7-10-13-16-18-20-22-24-26-28-30-32-34-36-37-39-40-42-44-46-48-50-52-54-56-58-61-64-67-73(76)79-70-71(69-78-72(75)66-63-60-15-12-9-6-3)80-74(77)68-65-62-59-57-55-53-51-49-47-45-43-41-38-35-33-31-29-27-25-23-21-19-17-14-11-8-5-2/h7-8,10-11,16-19,22-25,28-31,35,38,71H,4-6,9,12-15,20-21,26-27,32-34,36-37,39-70H2,1-3H3/b10-7-,11-8-,18-16-,19-17-,24-22-,25-23-,30-28-,31-29-,38-35-. The van der Waals surface area contributed by atoms with Crippen LogP contribution in [-0.2, 0) is 28.6 Å². The van der Waals surface area contributed by atoms with Gasteiger partial charge in [0.25, 0.3) is 0 Å². The van der Waals surface area contributed by atoms with Crippen molar-refractivity contribution >= 4 is 17.9 Å². The topological polar surface area (TPSA) is 78.9 Å². The summed E-state index contributed by atoms with van der Waals surface area (Å²) in [7, 11) is 0. The Bertz CT molecular complexity index is 1610. The summed E-state index contributed by atoms with van der Waals surface area (Å²) >= 11 is 0. The molecule has 0 aromatic carbocycles. The SMILES string of the molecule is CC/C=C\C/C=C\C/C=C\C/C=C\C/C=C\CCCCCCCCCCCCCC(=O)OC(COC(=O)CCCCCCCC)COC(=O)CCCCCCCCCCCCCCCCCC/C=C\C/C=C\C/C=C\C/C=C\CC. The molecule has 0 aliphatic carbocycles. The van der Waals surface area contributed by atoms with Crippen LogP contribution < -0.4 is 0 Å². The second-order valence-electron chi connectivity index (χ2n) is 22.3. The van der Waals surface area contributed by atoms with Crippen LogP contribution in [0.1, 0.15) is 323 Å². The van der Waals surface area contributed by atoms with Crippen LogP contribution in [0.4, 0.5) is 0 Å². The summed E-state index contributed by atoms with van der Waals surface area (Å²) in [4.78, 5) is 38.1. The number of ether oxygens (including phenoxy) is 3. The molecule has 0 bridgehead atoms. The molecule has 0 fully saturated rings. The Balaban J connectivity index is 4.05. The Hall–Kier alpha value is -3.93. The number of carbonyl (C=O) groups excluding carboxylic acids is 3. The number of rotatable bonds is 61. The van der Waals surface area contributed by atoms with E-state index in [2.05, 4.69) is 130 Å². The fourth-order valence-corrected chi connectivity index (χ4v) is 9.52. The van der Waals surface area contributed by atoms with Crippen molar-refractivity contribution in [1.82, 2.24) is 0 Å². The van der Waals surface area contributed by atoms with Crippen molar-refractivity contribution in [3.63, 3.8) is 0 Å². The van der Waals surface area contributed by atoms with Gasteiger partial charge in [0.1, 0.15) is 13.2 Å². The number of hydrogen-bond donors (Lipinski definition) is 0. The largest absolute Gasteiger partial charge is 0.462 e. The van der Waals surface area contributed by atoms with E-state index in [-0.39, 0.29) is 31.1 Å². The Labute approximate surface area is 495 Å². The Kier molecular flexibility index (Phi) is 64.3. The first-order valence-corrected chi connectivity index (χ1v) is 33.9. The highest BCUT2D eigenvalue weighted by molar-refractivity contribution is 5.71. The van der Waals surface area contributed by atoms with Crippen LogP contribution in [0.2, 0.25) is 0 Å². The third-order valence-corrected chi connectivity index (χ3v) is 14.5. The summed E-state index contributed by atoms with van der Waals surface area (Å²) in [6.45, 7) is 6.38. The van der Waals surface area contributed by atoms with Gasteiger partial charge in [0.05, 0.1) is 0 Å². The summed E-state index contributed by atoms with van der Waals surface area (Å²) in [6, 6.07) is 0. The number of unbranched alkanes of at least 4 members (excludes halogenated alkanes) is 32. The Morgan fingerprint density at radius 3 is 0.762 bits per heavy atom. The predicted molar refractivity (Wildman–Crippen MR) is 348 cm³/mol. The minimum absolute atomic E-state index is 0.0765. The van der Waals surface area contributed by atoms with Crippen LogP contribution in [0, 0.1) is 0 Å². The van der Waals surface area contributed by atoms with Crippen molar-refractivity contribution < 1.29 is 28.6 Å². The van der Waals surface area contributed by atoms with Crippen molar-refractivity contribution in [3.8, 4) is 0 Å². The zero-order valence-corrected chi connectivity index (χ0v) is 52.6. The molecule has 80 heavy (non-hydrogen) atoms. The van der Waals surface area contributed by atoms with Crippen LogP contribution in [0.3, 0.4) is 0 Å². The predicted octanol–water partition coefficient (Wildman–Crippen LogP) is 23.4. The van der Waals surface area contributed by atoms with Gasteiger partial charge in [0.15, 0.2) is 6.10 Å². The summed E-state index contributed by atoms with van der Waals surface area (Å²) in [5.41, 5.74) is 0. The average Bonchev–Trinajstić information content (AvgIpc) is 3.46. The van der Waals surface area contributed by atoms with Crippen molar-refractivity contribution in [1.29, 1.82) is 0 Å². The van der Waals surface area contributed by atoms with E-state index in [4.69, 9.17) is 14.2 Å². The number of esters is 3. The van der Waals surface area contributed by atoms with Crippen molar-refractivity contribution in [2.75, 3.05) is 13.2 Å². The molecular formula is C74H126O6. The van der Waals surface area contributed by atoms with Crippen LogP contribution in [0.25, 0.3) is 0 Å². The lowest BCUT2D eigenvalue weighted by atomic mass is 10.0. The van der Waals surface area contributed by atoms with Gasteiger partial charge in [-0.3, -0.25) is 14.4 Å². The molecule has 0 saturated carbocycles. The molecule has 6 nitrogen and oxygen atoms in total. The van der Waals surface area contributed by atoms with E-state index in [9.17, 15) is 14.4 Å². The zero-order chi connectivity index (χ0) is 57.8. The molecule has 0 heterocycles. The molecule has 0 amide bonds. The minimum Gasteiger partial charge on any atom is -0.462 e. The normalized spacial score (nSPS) is 12.8. The van der Waals surface area contributed by atoms with E-state index < -0.39 is 6.10 Å². The molecule has 1 atom stereocenters. The summed E-state index contributed by atoms with van der Waals surface area (Å²) in [6.07, 6.45) is 92.9. The summed E-state index contributed by atoms with van der Waals surface area (Å²) < 4.78 is 16.8. The molecule has 0 aliphatic heterocycles. The lowest BCUT2D eigenvalue weighted by molar-refractivity contribution is -0.167. The lowest BCUT2D eigenvalue weighted by Gasteiger charge is -2.18. The van der Waals surface area contributed by atoms with Crippen LogP contribution in [0.15, 0.2) is 109 Å². The van der Waals surface area contributed by atoms with E-state index >= 15 is 0 Å². The van der Waals surface area contributed by atoms with E-state index in [1.807, 2.05) is 0 Å². The van der Waals surface area contributed by atoms with Crippen molar-refractivity contribution in [2.45, 2.75) is 329 Å². The van der Waals surface area contributed by atoms with Crippen LogP contribution >= 0.6 is 0 Å². The highest BCUT2D eigenvalue weighted by atomic mass is 16.6. The van der Waals surface area contributed by atoms with Gasteiger partial charge in [-0.1, -0.05) is 310 Å². The average molecular weight is 1110 g/mol. The highest BCUT2D eigenvalue weighted by Gasteiger charge is 2.19. The molecule has 0 rings (SSSR count). The van der Waals surface area contributed by atoms with Crippen LogP contribution in [-0.4, -0.2) is 37.2 Å². The molecule has 0 spiro atoms. The second-order valence-corrected chi connectivity index (χ2v) is 22.3. The first-order chi connectivity index (χ1) is 39.5. The lowest BCUT2D eigenvalue weighted by Crippen LogP contribution is -2.30. The number of hydrogen-bond acceptors (Lipinski definition) is 6. The Morgan fingerprint density at radius 1 is 0.263 bits per heavy atom. The maximum atomic E-state index is 12.9. The fourth-order valence-electron chi connectivity index (χ4n) is 9.52. The zero-order valence-electron chi connectivity index (χ0n) is 52.6. The fraction of sp³-hybridized carbons (Fsp3) is 0.716. The van der Waals surface area contributed by atoms with Gasteiger partial charge in [-0.15, -0.1) is 0 Å². The van der Waals surface area contributed by atoms with Gasteiger partial charge in [0, 0.05) is 19.3 Å². The molecule has 458 valence electrons. The first kappa shape index (κ1) is 76.1. The molecule has 0 aliphatic rings. The molecule has 0 radical (unpaired) electrons. The third-order valence-electron chi connectivity index (χ3n) is 14.5. The van der Waals surface area contributed by atoms with Crippen molar-refractivity contribution in [2.24, 2.45) is 0 Å². The van der Waals surface area contributed by atoms with Gasteiger partial charge in [-0.25, -0.2) is 0 Å². The van der Waals surface area contributed by atoms with Crippen molar-refractivity contribution in [3.05, 3.63) is 109 Å². The van der Waals surface area contributed by atoms with E-state index in [1.165, 1.54) is 167 Å². The smallest absolute Gasteiger partial charge is 0.306 e. The second kappa shape index (κ2) is 67.6. The molecule has 0 aromatic rings. The highest BCUT2D eigenvalue weighted by Crippen LogP contribution is 2.17. The monoisotopic (exact) mass is 1110 g/mol. The third kappa shape index (κ3) is 64.9. The maximum absolute atomic E-state index is 12.9. The van der Waals surface area contributed by atoms with Gasteiger partial charge >= 0.3 is 17.9 Å². The molecule has 0 aromatic heterocycles. The van der Waals surface area contributed by atoms with E-state index in [1.54, 1.807) is 0 Å². The summed E-state index contributed by atoms with van der Waals surface area (Å²) in [5, 5.41) is 0. The molecular weight excluding hydrogens is 985 g/mol. The number of allylic oxidation sites excluding steroid dienone is 18. The maximum Gasteiger partial charge on any atom is 0.306 e. The first-order valence-electron chi connectivity index (χ1n) is 33.9. The van der Waals surface area contributed by atoms with E-state index in [0.29, 0.717) is 19.3 Å². The van der Waals surface area contributed by atoms with Gasteiger partial charge < -0.3 is 14.2 Å². The quantitative estimate of drug-likeness (QED) is 0.0261. The minimum atomic E-state index is -0.777.